The number of nitrogens with two attached hydrogens (primary N) is 5. The highest BCUT2D eigenvalue weighted by molar-refractivity contribution is 5.85. The van der Waals surface area contributed by atoms with E-state index in [-0.39, 0.29) is 13.1 Å². The minimum Gasteiger partial charge on any atom is -0.480 e. The second-order valence-electron chi connectivity index (χ2n) is 7.47. The van der Waals surface area contributed by atoms with Crippen LogP contribution in [0.3, 0.4) is 0 Å². The van der Waals surface area contributed by atoms with E-state index in [1.54, 1.807) is 0 Å². The first-order chi connectivity index (χ1) is 16.3. The van der Waals surface area contributed by atoms with Gasteiger partial charge in [-0.1, -0.05) is 0 Å². The second kappa shape index (κ2) is 22.1. The zero-order chi connectivity index (χ0) is 29.6. The summed E-state index contributed by atoms with van der Waals surface area (Å²) in [6, 6.07) is -2.25. The van der Waals surface area contributed by atoms with Crippen LogP contribution in [-0.2, 0) is 28.8 Å². The third-order valence-electron chi connectivity index (χ3n) is 3.54. The number of carboxylic acids is 4. The highest BCUT2D eigenvalue weighted by atomic mass is 16.4. The molecule has 0 aliphatic carbocycles. The molecule has 0 radical (unpaired) electrons. The summed E-state index contributed by atoms with van der Waals surface area (Å²) in [7, 11) is 0. The van der Waals surface area contributed by atoms with Crippen molar-refractivity contribution in [2.24, 2.45) is 28.7 Å². The summed E-state index contributed by atoms with van der Waals surface area (Å²) in [5, 5.41) is 37.0. The standard InChI is InChI=1S/C6H14N2O2.2C5H10N2O3.C3H7NO2/c1-6(8,5(9)10)3-2-4-7;1-3(6)5(10)7-2-4(8)9;1-3(5(9)10)7-4(8)2-6;1-2(4)3(5)6/h2-4,7-8H2,1H3,(H,9,10);3H,2,6H2,1H3,(H,7,10)(H,8,9);3H,2,6H2,1H3,(H,7,8)(H,9,10);2H,4H2,1H3,(H,5,6). The third-order valence-corrected chi connectivity index (χ3v) is 3.54. The van der Waals surface area contributed by atoms with Gasteiger partial charge in [-0.15, -0.1) is 0 Å². The average Bonchev–Trinajstić information content (AvgIpc) is 2.76. The van der Waals surface area contributed by atoms with Crippen molar-refractivity contribution >= 4 is 35.7 Å². The first kappa shape index (κ1) is 39.8. The molecule has 17 heteroatoms. The van der Waals surface area contributed by atoms with E-state index in [1.807, 2.05) is 0 Å². The first-order valence-corrected chi connectivity index (χ1v) is 10.4. The summed E-state index contributed by atoms with van der Waals surface area (Å²) in [5.41, 5.74) is 24.3. The number of rotatable bonds is 11. The van der Waals surface area contributed by atoms with Crippen LogP contribution >= 0.6 is 0 Å². The Morgan fingerprint density at radius 2 is 1.31 bits per heavy atom. The lowest BCUT2D eigenvalue weighted by molar-refractivity contribution is -0.143. The Bertz CT molecular complexity index is 700. The molecule has 0 fully saturated rings. The van der Waals surface area contributed by atoms with Crippen LogP contribution in [0.25, 0.3) is 0 Å². The second-order valence-corrected chi connectivity index (χ2v) is 7.47. The minimum absolute atomic E-state index is 0.183. The van der Waals surface area contributed by atoms with Gasteiger partial charge in [0.05, 0.1) is 12.6 Å². The smallest absolute Gasteiger partial charge is 0.325 e. The number of hydrogen-bond acceptors (Lipinski definition) is 11. The van der Waals surface area contributed by atoms with Crippen molar-refractivity contribution in [3.05, 3.63) is 0 Å². The predicted octanol–water partition coefficient (Wildman–Crippen LogP) is -3.99. The molecule has 0 saturated heterocycles. The molecular weight excluding hydrogens is 486 g/mol. The molecule has 4 unspecified atom stereocenters. The molecular formula is C19H41N7O10. The Kier molecular flexibility index (Phi) is 24.5. The van der Waals surface area contributed by atoms with Gasteiger partial charge in [-0.2, -0.15) is 0 Å². The number of carboxylic acid groups (broad SMARTS) is 4. The van der Waals surface area contributed by atoms with Gasteiger partial charge in [0, 0.05) is 0 Å². The van der Waals surface area contributed by atoms with Crippen LogP contribution in [0.4, 0.5) is 0 Å². The molecule has 0 spiro atoms. The van der Waals surface area contributed by atoms with Gasteiger partial charge >= 0.3 is 23.9 Å². The van der Waals surface area contributed by atoms with Crippen molar-refractivity contribution < 1.29 is 49.2 Å². The fourth-order valence-electron chi connectivity index (χ4n) is 1.26. The van der Waals surface area contributed by atoms with Crippen LogP contribution in [-0.4, -0.2) is 99.4 Å². The van der Waals surface area contributed by atoms with Crippen molar-refractivity contribution in [3.63, 3.8) is 0 Å². The molecule has 0 aromatic rings. The van der Waals surface area contributed by atoms with Crippen molar-refractivity contribution in [2.45, 2.75) is 64.2 Å². The molecule has 0 rings (SSSR count). The lowest BCUT2D eigenvalue weighted by Gasteiger charge is -2.17. The molecule has 0 aromatic heterocycles. The number of amides is 2. The van der Waals surface area contributed by atoms with Crippen LogP contribution in [0.2, 0.25) is 0 Å². The lowest BCUT2D eigenvalue weighted by Crippen LogP contribution is -2.45. The Balaban J connectivity index is -0.000000193. The largest absolute Gasteiger partial charge is 0.480 e. The molecule has 36 heavy (non-hydrogen) atoms. The van der Waals surface area contributed by atoms with Crippen LogP contribution in [0.15, 0.2) is 0 Å². The molecule has 0 aliphatic heterocycles. The Morgan fingerprint density at radius 1 is 0.861 bits per heavy atom. The zero-order valence-corrected chi connectivity index (χ0v) is 20.9. The predicted molar refractivity (Wildman–Crippen MR) is 128 cm³/mol. The van der Waals surface area contributed by atoms with Crippen molar-refractivity contribution in [2.75, 3.05) is 19.6 Å². The molecule has 0 aromatic carbocycles. The van der Waals surface area contributed by atoms with Crippen molar-refractivity contribution in [1.82, 2.24) is 10.6 Å². The molecule has 212 valence electrons. The summed E-state index contributed by atoms with van der Waals surface area (Å²) in [6.45, 7) is 5.69. The SMILES string of the molecule is CC(N)(CCCN)C(=O)O.CC(N)C(=O)NCC(=O)O.CC(N)C(=O)O.CC(NC(=O)CN)C(=O)O. The lowest BCUT2D eigenvalue weighted by atomic mass is 9.98. The topological polar surface area (TPSA) is 337 Å². The van der Waals surface area contributed by atoms with E-state index in [2.05, 4.69) is 10.6 Å². The summed E-state index contributed by atoms with van der Waals surface area (Å²) >= 11 is 0. The van der Waals surface area contributed by atoms with E-state index in [9.17, 15) is 28.8 Å². The van der Waals surface area contributed by atoms with Crippen LogP contribution in [0, 0.1) is 0 Å². The van der Waals surface area contributed by atoms with Gasteiger partial charge in [-0.25, -0.2) is 0 Å². The maximum absolute atomic E-state index is 10.5. The van der Waals surface area contributed by atoms with E-state index in [0.29, 0.717) is 19.4 Å². The number of carbonyl (C=O) groups excluding carboxylic acids is 2. The van der Waals surface area contributed by atoms with E-state index in [1.165, 1.54) is 27.7 Å². The highest BCUT2D eigenvalue weighted by Gasteiger charge is 2.26. The van der Waals surface area contributed by atoms with Crippen LogP contribution in [0.1, 0.15) is 40.5 Å². The van der Waals surface area contributed by atoms with Gasteiger partial charge in [-0.3, -0.25) is 28.8 Å². The fourth-order valence-corrected chi connectivity index (χ4v) is 1.26. The number of hydrogen-bond donors (Lipinski definition) is 11. The van der Waals surface area contributed by atoms with E-state index >= 15 is 0 Å². The number of carbonyl (C=O) groups is 6. The Hall–Kier alpha value is -3.38. The Morgan fingerprint density at radius 3 is 1.56 bits per heavy atom. The molecule has 17 nitrogen and oxygen atoms in total. The normalized spacial score (nSPS) is 13.6. The Labute approximate surface area is 208 Å². The maximum atomic E-state index is 10.5. The third kappa shape index (κ3) is 28.7. The van der Waals surface area contributed by atoms with Gasteiger partial charge < -0.3 is 59.7 Å². The van der Waals surface area contributed by atoms with Crippen molar-refractivity contribution in [1.29, 1.82) is 0 Å². The van der Waals surface area contributed by atoms with Gasteiger partial charge in [0.25, 0.3) is 0 Å². The molecule has 0 heterocycles. The van der Waals surface area contributed by atoms with E-state index in [0.717, 1.165) is 0 Å². The summed E-state index contributed by atoms with van der Waals surface area (Å²) < 4.78 is 0. The summed E-state index contributed by atoms with van der Waals surface area (Å²) in [4.78, 5) is 60.9. The fraction of sp³-hybridized carbons (Fsp3) is 0.684. The van der Waals surface area contributed by atoms with E-state index < -0.39 is 59.4 Å². The molecule has 0 aliphatic rings. The number of nitrogens with one attached hydrogen (secondary N) is 2. The van der Waals surface area contributed by atoms with Crippen LogP contribution in [0.5, 0.6) is 0 Å². The molecule has 0 bridgehead atoms. The van der Waals surface area contributed by atoms with Gasteiger partial charge in [0.15, 0.2) is 0 Å². The summed E-state index contributed by atoms with van der Waals surface area (Å²) in [5.74, 6) is -5.00. The monoisotopic (exact) mass is 527 g/mol. The van der Waals surface area contributed by atoms with Gasteiger partial charge in [0.1, 0.15) is 24.2 Å². The van der Waals surface area contributed by atoms with Gasteiger partial charge in [0.2, 0.25) is 11.8 Å². The molecule has 2 amide bonds. The highest BCUT2D eigenvalue weighted by Crippen LogP contribution is 2.07. The minimum atomic E-state index is -1.11. The molecule has 16 N–H and O–H groups in total. The summed E-state index contributed by atoms with van der Waals surface area (Å²) in [6.07, 6.45) is 1.08. The van der Waals surface area contributed by atoms with Gasteiger partial charge in [-0.05, 0) is 47.1 Å². The quantitative estimate of drug-likeness (QED) is 0.122. The molecule has 0 saturated carbocycles. The van der Waals surface area contributed by atoms with Crippen molar-refractivity contribution in [3.8, 4) is 0 Å². The zero-order valence-electron chi connectivity index (χ0n) is 20.9. The average molecular weight is 528 g/mol. The van der Waals surface area contributed by atoms with Crippen LogP contribution < -0.4 is 39.3 Å². The first-order valence-electron chi connectivity index (χ1n) is 10.4. The molecule has 4 atom stereocenters. The maximum Gasteiger partial charge on any atom is 0.325 e. The number of aliphatic carboxylic acids is 4. The van der Waals surface area contributed by atoms with E-state index in [4.69, 9.17) is 49.1 Å².